The van der Waals surface area contributed by atoms with Gasteiger partial charge in [-0.05, 0) is 67.9 Å². The van der Waals surface area contributed by atoms with Crippen LogP contribution in [-0.2, 0) is 4.74 Å². The second-order valence-corrected chi connectivity index (χ2v) is 7.38. The normalized spacial score (nSPS) is 24.8. The standard InChI is InChI=1S/C21H27FN2O3/c1-24-11-3-2-4-20(24)27-14-16-7-5-15(6-8-16)13-23-21(26)17-9-10-19(25)18(22)12-17/h2-4,9-12,15-16,20,25H,5-8,13-14H2,1H3,(H,23,26). The first-order valence-corrected chi connectivity index (χ1v) is 9.48. The third kappa shape index (κ3) is 5.32. The van der Waals surface area contributed by atoms with Gasteiger partial charge < -0.3 is 20.1 Å². The predicted octanol–water partition coefficient (Wildman–Crippen LogP) is 3.43. The van der Waals surface area contributed by atoms with Crippen LogP contribution in [0.5, 0.6) is 5.75 Å². The summed E-state index contributed by atoms with van der Waals surface area (Å²) in [6.45, 7) is 1.34. The van der Waals surface area contributed by atoms with E-state index >= 15 is 0 Å². The minimum Gasteiger partial charge on any atom is -0.505 e. The second kappa shape index (κ2) is 9.04. The molecule has 1 amide bonds. The highest BCUT2D eigenvalue weighted by Gasteiger charge is 2.23. The van der Waals surface area contributed by atoms with E-state index in [1.54, 1.807) is 0 Å². The van der Waals surface area contributed by atoms with E-state index in [4.69, 9.17) is 4.74 Å². The van der Waals surface area contributed by atoms with Crippen LogP contribution in [0.4, 0.5) is 4.39 Å². The Morgan fingerprint density at radius 3 is 2.70 bits per heavy atom. The highest BCUT2D eigenvalue weighted by molar-refractivity contribution is 5.94. The van der Waals surface area contributed by atoms with Crippen molar-refractivity contribution >= 4 is 5.91 Å². The molecule has 0 saturated heterocycles. The van der Waals surface area contributed by atoms with Crippen molar-refractivity contribution in [2.75, 3.05) is 20.2 Å². The molecule has 2 aliphatic rings. The van der Waals surface area contributed by atoms with Crippen LogP contribution in [-0.4, -0.2) is 42.3 Å². The number of ether oxygens (including phenoxy) is 1. The molecule has 1 aromatic rings. The summed E-state index contributed by atoms with van der Waals surface area (Å²) in [4.78, 5) is 14.2. The van der Waals surface area contributed by atoms with Gasteiger partial charge in [-0.3, -0.25) is 4.79 Å². The summed E-state index contributed by atoms with van der Waals surface area (Å²) in [5.74, 6) is -0.544. The van der Waals surface area contributed by atoms with Gasteiger partial charge in [0.05, 0.1) is 6.61 Å². The van der Waals surface area contributed by atoms with Gasteiger partial charge in [-0.1, -0.05) is 6.08 Å². The molecule has 6 heteroatoms. The Labute approximate surface area is 159 Å². The highest BCUT2D eigenvalue weighted by atomic mass is 19.1. The largest absolute Gasteiger partial charge is 0.505 e. The zero-order valence-corrected chi connectivity index (χ0v) is 15.6. The molecule has 146 valence electrons. The maximum Gasteiger partial charge on any atom is 0.251 e. The average molecular weight is 374 g/mol. The van der Waals surface area contributed by atoms with Gasteiger partial charge >= 0.3 is 0 Å². The van der Waals surface area contributed by atoms with Crippen molar-refractivity contribution in [2.45, 2.75) is 31.9 Å². The Kier molecular flexibility index (Phi) is 6.50. The van der Waals surface area contributed by atoms with E-state index in [1.165, 1.54) is 12.1 Å². The van der Waals surface area contributed by atoms with Crippen molar-refractivity contribution in [3.8, 4) is 5.75 Å². The molecular formula is C21H27FN2O3. The van der Waals surface area contributed by atoms with Crippen molar-refractivity contribution < 1.29 is 19.0 Å². The number of carbonyl (C=O) groups is 1. The van der Waals surface area contributed by atoms with Gasteiger partial charge in [-0.15, -0.1) is 0 Å². The third-order valence-corrected chi connectivity index (χ3v) is 5.34. The molecule has 0 spiro atoms. The number of carbonyl (C=O) groups excluding carboxylic acids is 1. The number of hydrogen-bond donors (Lipinski definition) is 2. The van der Waals surface area contributed by atoms with E-state index in [0.29, 0.717) is 18.4 Å². The zero-order chi connectivity index (χ0) is 19.2. The summed E-state index contributed by atoms with van der Waals surface area (Å²) in [5.41, 5.74) is 0.228. The molecule has 1 atom stereocenters. The van der Waals surface area contributed by atoms with Gasteiger partial charge in [0.25, 0.3) is 5.91 Å². The summed E-state index contributed by atoms with van der Waals surface area (Å²) >= 11 is 0. The molecule has 1 fully saturated rings. The summed E-state index contributed by atoms with van der Waals surface area (Å²) in [5, 5.41) is 12.1. The fourth-order valence-corrected chi connectivity index (χ4v) is 3.56. The summed E-state index contributed by atoms with van der Waals surface area (Å²) in [6, 6.07) is 3.68. The van der Waals surface area contributed by atoms with E-state index in [1.807, 2.05) is 36.4 Å². The van der Waals surface area contributed by atoms with Crippen molar-refractivity contribution in [1.82, 2.24) is 10.2 Å². The number of hydrogen-bond acceptors (Lipinski definition) is 4. The molecule has 1 aliphatic heterocycles. The van der Waals surface area contributed by atoms with Crippen molar-refractivity contribution in [3.63, 3.8) is 0 Å². The Hall–Kier alpha value is -2.34. The first-order valence-electron chi connectivity index (χ1n) is 9.48. The lowest BCUT2D eigenvalue weighted by atomic mass is 9.82. The number of likely N-dealkylation sites (N-methyl/N-ethyl adjacent to an activating group) is 1. The molecule has 3 rings (SSSR count). The lowest BCUT2D eigenvalue weighted by molar-refractivity contribution is -0.0197. The average Bonchev–Trinajstić information content (AvgIpc) is 2.68. The molecule has 2 N–H and O–H groups in total. The van der Waals surface area contributed by atoms with Crippen molar-refractivity contribution in [3.05, 3.63) is 54.0 Å². The Bertz CT molecular complexity index is 711. The SMILES string of the molecule is CN1C=CC=CC1OCC1CCC(CNC(=O)c2ccc(O)c(F)c2)CC1. The Balaban J connectivity index is 1.36. The van der Waals surface area contributed by atoms with Crippen molar-refractivity contribution in [1.29, 1.82) is 0 Å². The number of aromatic hydroxyl groups is 1. The molecule has 27 heavy (non-hydrogen) atoms. The summed E-state index contributed by atoms with van der Waals surface area (Å²) < 4.78 is 19.4. The minimum absolute atomic E-state index is 0.0118. The number of halogens is 1. The fourth-order valence-electron chi connectivity index (χ4n) is 3.56. The van der Waals surface area contributed by atoms with Crippen molar-refractivity contribution in [2.24, 2.45) is 11.8 Å². The molecule has 1 heterocycles. The second-order valence-electron chi connectivity index (χ2n) is 7.38. The van der Waals surface area contributed by atoms with Crippen LogP contribution in [0.3, 0.4) is 0 Å². The van der Waals surface area contributed by atoms with E-state index in [0.717, 1.165) is 38.4 Å². The fraction of sp³-hybridized carbons (Fsp3) is 0.476. The van der Waals surface area contributed by atoms with Gasteiger partial charge in [-0.25, -0.2) is 4.39 Å². The zero-order valence-electron chi connectivity index (χ0n) is 15.6. The molecule has 1 aliphatic carbocycles. The number of phenolic OH excluding ortho intramolecular Hbond substituents is 1. The van der Waals surface area contributed by atoms with Crippen LogP contribution in [0.15, 0.2) is 42.6 Å². The van der Waals surface area contributed by atoms with E-state index in [-0.39, 0.29) is 17.7 Å². The van der Waals surface area contributed by atoms with E-state index in [2.05, 4.69) is 5.32 Å². The van der Waals surface area contributed by atoms with Gasteiger partial charge in [0, 0.05) is 25.4 Å². The lowest BCUT2D eigenvalue weighted by Crippen LogP contribution is -2.34. The molecule has 0 bridgehead atoms. The third-order valence-electron chi connectivity index (χ3n) is 5.34. The number of phenols is 1. The van der Waals surface area contributed by atoms with Crippen LogP contribution >= 0.6 is 0 Å². The van der Waals surface area contributed by atoms with Crippen LogP contribution < -0.4 is 5.32 Å². The van der Waals surface area contributed by atoms with Crippen LogP contribution in [0, 0.1) is 17.7 Å². The van der Waals surface area contributed by atoms with E-state index in [9.17, 15) is 14.3 Å². The number of allylic oxidation sites excluding steroid dienone is 2. The molecule has 0 radical (unpaired) electrons. The monoisotopic (exact) mass is 374 g/mol. The first kappa shape index (κ1) is 19.4. The minimum atomic E-state index is -0.780. The Morgan fingerprint density at radius 1 is 1.26 bits per heavy atom. The molecule has 1 saturated carbocycles. The topological polar surface area (TPSA) is 61.8 Å². The number of nitrogens with zero attached hydrogens (tertiary/aromatic N) is 1. The van der Waals surface area contributed by atoms with Crippen LogP contribution in [0.2, 0.25) is 0 Å². The number of nitrogens with one attached hydrogen (secondary N) is 1. The maximum absolute atomic E-state index is 13.4. The van der Waals surface area contributed by atoms with Crippen LogP contribution in [0.1, 0.15) is 36.0 Å². The summed E-state index contributed by atoms with van der Waals surface area (Å²) in [7, 11) is 2.00. The first-order chi connectivity index (χ1) is 13.0. The molecule has 0 aromatic heterocycles. The van der Waals surface area contributed by atoms with Gasteiger partial charge in [0.2, 0.25) is 0 Å². The predicted molar refractivity (Wildman–Crippen MR) is 102 cm³/mol. The highest BCUT2D eigenvalue weighted by Crippen LogP contribution is 2.29. The number of benzene rings is 1. The number of rotatable bonds is 6. The smallest absolute Gasteiger partial charge is 0.251 e. The van der Waals surface area contributed by atoms with Gasteiger partial charge in [0.15, 0.2) is 11.6 Å². The quantitative estimate of drug-likeness (QED) is 0.801. The Morgan fingerprint density at radius 2 is 2.00 bits per heavy atom. The molecular weight excluding hydrogens is 347 g/mol. The lowest BCUT2D eigenvalue weighted by Gasteiger charge is -2.31. The summed E-state index contributed by atoms with van der Waals surface area (Å²) in [6.07, 6.45) is 12.3. The van der Waals surface area contributed by atoms with Gasteiger partial charge in [-0.2, -0.15) is 0 Å². The molecule has 1 aromatic carbocycles. The number of amides is 1. The molecule has 1 unspecified atom stereocenters. The maximum atomic E-state index is 13.4. The van der Waals surface area contributed by atoms with Gasteiger partial charge in [0.1, 0.15) is 6.23 Å². The molecule has 5 nitrogen and oxygen atoms in total. The van der Waals surface area contributed by atoms with E-state index < -0.39 is 11.6 Å². The van der Waals surface area contributed by atoms with Crippen LogP contribution in [0.25, 0.3) is 0 Å².